The normalized spacial score (nSPS) is 21.2. The van der Waals surface area contributed by atoms with E-state index >= 15 is 0 Å². The molecule has 0 saturated carbocycles. The molecule has 6 heteroatoms. The molecule has 1 aliphatic heterocycles. The molecule has 5 nitrogen and oxygen atoms in total. The Bertz CT molecular complexity index is 745. The Balaban J connectivity index is 1.73. The van der Waals surface area contributed by atoms with Gasteiger partial charge in [-0.1, -0.05) is 96.0 Å². The maximum absolute atomic E-state index is 12.0. The Kier molecular flexibility index (Phi) is 13.1. The van der Waals surface area contributed by atoms with Gasteiger partial charge in [0, 0.05) is 6.42 Å². The molecule has 0 amide bonds. The molecule has 0 aliphatic carbocycles. The van der Waals surface area contributed by atoms with Crippen molar-refractivity contribution in [3.05, 3.63) is 35.9 Å². The van der Waals surface area contributed by atoms with E-state index in [1.165, 1.54) is 64.0 Å². The first-order valence-electron chi connectivity index (χ1n) is 14.4. The van der Waals surface area contributed by atoms with Crippen LogP contribution in [-0.2, 0) is 30.2 Å². The number of aryl methyl sites for hydroxylation is 1. The summed E-state index contributed by atoms with van der Waals surface area (Å²) in [5.74, 6) is -0.302. The average Bonchev–Trinajstić information content (AvgIpc) is 3.56. The van der Waals surface area contributed by atoms with Crippen molar-refractivity contribution in [2.45, 2.75) is 141 Å². The van der Waals surface area contributed by atoms with Gasteiger partial charge in [0.2, 0.25) is 8.32 Å². The summed E-state index contributed by atoms with van der Waals surface area (Å²) >= 11 is 0. The van der Waals surface area contributed by atoms with Crippen LogP contribution in [0.25, 0.3) is 0 Å². The Morgan fingerprint density at radius 1 is 0.944 bits per heavy atom. The summed E-state index contributed by atoms with van der Waals surface area (Å²) in [5.41, 5.74) is 0.429. The molecule has 3 atom stereocenters. The molecule has 1 saturated heterocycles. The van der Waals surface area contributed by atoms with Gasteiger partial charge in [-0.05, 0) is 56.8 Å². The number of ether oxygens (including phenoxy) is 2. The number of epoxide rings is 1. The number of methoxy groups -OCH3 is 1. The fourth-order valence-corrected chi connectivity index (χ4v) is 7.56. The lowest BCUT2D eigenvalue weighted by Gasteiger charge is -2.35. The van der Waals surface area contributed by atoms with Gasteiger partial charge in [-0.25, -0.2) is 9.68 Å². The van der Waals surface area contributed by atoms with Gasteiger partial charge in [-0.15, -0.1) is 0 Å². The number of carbonyl (C=O) groups is 1. The van der Waals surface area contributed by atoms with Crippen LogP contribution in [0.2, 0.25) is 18.1 Å². The number of esters is 1. The van der Waals surface area contributed by atoms with E-state index in [9.17, 15) is 4.79 Å². The van der Waals surface area contributed by atoms with Crippen molar-refractivity contribution in [3.8, 4) is 0 Å². The van der Waals surface area contributed by atoms with Crippen molar-refractivity contribution in [3.63, 3.8) is 0 Å². The van der Waals surface area contributed by atoms with Crippen LogP contribution in [0.1, 0.15) is 104 Å². The fourth-order valence-electron chi connectivity index (χ4n) is 5.33. The largest absolute Gasteiger partial charge is 0.467 e. The minimum absolute atomic E-state index is 0.302. The summed E-state index contributed by atoms with van der Waals surface area (Å²) in [6, 6.07) is 13.9. The summed E-state index contributed by atoms with van der Waals surface area (Å²) in [7, 11) is -0.468. The van der Waals surface area contributed by atoms with Crippen LogP contribution < -0.4 is 0 Å². The van der Waals surface area contributed by atoms with Crippen LogP contribution in [0, 0.1) is 0 Å². The smallest absolute Gasteiger partial charge is 0.338 e. The summed E-state index contributed by atoms with van der Waals surface area (Å²) in [4.78, 5) is 18.3. The second-order valence-corrected chi connectivity index (χ2v) is 15.8. The quantitative estimate of drug-likeness (QED) is 0.0433. The number of benzene rings is 1. The predicted octanol–water partition coefficient (Wildman–Crippen LogP) is 8.17. The van der Waals surface area contributed by atoms with Gasteiger partial charge in [0.15, 0.2) is 6.10 Å². The van der Waals surface area contributed by atoms with Crippen LogP contribution in [0.3, 0.4) is 0 Å². The lowest BCUT2D eigenvalue weighted by Crippen LogP contribution is -2.43. The lowest BCUT2D eigenvalue weighted by molar-refractivity contribution is -0.304. The first-order valence-corrected chi connectivity index (χ1v) is 16.9. The van der Waals surface area contributed by atoms with E-state index in [-0.39, 0.29) is 5.97 Å². The molecular formula is C30H52O5Si. The number of unbranched alkanes of at least 4 members (excludes halogenated alkanes) is 7. The molecule has 1 aliphatic rings. The van der Waals surface area contributed by atoms with E-state index in [0.29, 0.717) is 6.42 Å². The van der Waals surface area contributed by atoms with Crippen molar-refractivity contribution < 1.29 is 23.7 Å². The highest BCUT2D eigenvalue weighted by Gasteiger charge is 2.60. The zero-order valence-corrected chi connectivity index (χ0v) is 24.9. The number of hydrogen-bond acceptors (Lipinski definition) is 5. The molecule has 0 N–H and O–H groups in total. The van der Waals surface area contributed by atoms with Crippen molar-refractivity contribution in [1.82, 2.24) is 0 Å². The molecule has 1 aromatic carbocycles. The molecule has 1 heterocycles. The molecule has 36 heavy (non-hydrogen) atoms. The maximum atomic E-state index is 12.0. The highest BCUT2D eigenvalue weighted by Crippen LogP contribution is 2.46. The Morgan fingerprint density at radius 2 is 1.50 bits per heavy atom. The average molecular weight is 521 g/mol. The fraction of sp³-hybridized carbons (Fsp3) is 0.767. The van der Waals surface area contributed by atoms with E-state index < -0.39 is 25.6 Å². The molecule has 0 bridgehead atoms. The molecule has 0 spiro atoms. The summed E-state index contributed by atoms with van der Waals surface area (Å²) in [5, 5.41) is 0. The number of carbonyl (C=O) groups excluding carboxylic acids is 1. The molecule has 1 aromatic rings. The molecule has 0 radical (unpaired) electrons. The monoisotopic (exact) mass is 520 g/mol. The van der Waals surface area contributed by atoms with Gasteiger partial charge in [0.25, 0.3) is 0 Å². The molecular weight excluding hydrogens is 468 g/mol. The zero-order chi connectivity index (χ0) is 26.5. The second kappa shape index (κ2) is 15.3. The van der Waals surface area contributed by atoms with Gasteiger partial charge in [-0.3, -0.25) is 4.58 Å². The summed E-state index contributed by atoms with van der Waals surface area (Å²) in [6.07, 6.45) is 12.3. The van der Waals surface area contributed by atoms with Gasteiger partial charge in [0.05, 0.1) is 7.11 Å². The standard InChI is InChI=1S/C30H52O5Si/c1-7-36(8-2,9-3)35-34-29(4,25-30(5)27(33-30)28(31)32-6)24-20-15-13-11-10-12-14-17-21-26-22-18-16-19-23-26/h16,18-19,22-23,27H,7-15,17,20-21,24-25H2,1-6H3/t27-,29?,30+/m0/s1. The molecule has 206 valence electrons. The van der Waals surface area contributed by atoms with Gasteiger partial charge in [0.1, 0.15) is 11.2 Å². The first kappa shape index (κ1) is 31.0. The van der Waals surface area contributed by atoms with Crippen LogP contribution in [0.4, 0.5) is 0 Å². The van der Waals surface area contributed by atoms with Gasteiger partial charge in [-0.2, -0.15) is 0 Å². The summed E-state index contributed by atoms with van der Waals surface area (Å²) < 4.78 is 17.0. The lowest BCUT2D eigenvalue weighted by atomic mass is 9.86. The van der Waals surface area contributed by atoms with E-state index in [0.717, 1.165) is 31.0 Å². The molecule has 1 fully saturated rings. The van der Waals surface area contributed by atoms with E-state index in [1.807, 2.05) is 6.92 Å². The maximum Gasteiger partial charge on any atom is 0.338 e. The Morgan fingerprint density at radius 3 is 2.06 bits per heavy atom. The van der Waals surface area contributed by atoms with Crippen molar-refractivity contribution in [2.24, 2.45) is 0 Å². The zero-order valence-electron chi connectivity index (χ0n) is 23.9. The third-order valence-corrected chi connectivity index (χ3v) is 12.4. The van der Waals surface area contributed by atoms with Crippen LogP contribution in [-0.4, -0.2) is 38.7 Å². The topological polar surface area (TPSA) is 57.3 Å². The van der Waals surface area contributed by atoms with E-state index in [1.54, 1.807) is 0 Å². The van der Waals surface area contributed by atoms with Gasteiger partial charge < -0.3 is 9.47 Å². The SMILES string of the molecule is CC[Si](CC)(CC)OOC(C)(CCCCCCCCCCc1ccccc1)C[C@@]1(C)O[C@H]1C(=O)OC. The number of rotatable bonds is 20. The third kappa shape index (κ3) is 9.92. The van der Waals surface area contributed by atoms with E-state index in [2.05, 4.69) is 58.0 Å². The number of hydrogen-bond donors (Lipinski definition) is 0. The van der Waals surface area contributed by atoms with Crippen LogP contribution in [0.15, 0.2) is 30.3 Å². The van der Waals surface area contributed by atoms with Crippen molar-refractivity contribution in [2.75, 3.05) is 7.11 Å². The van der Waals surface area contributed by atoms with E-state index in [4.69, 9.17) is 18.9 Å². The summed E-state index contributed by atoms with van der Waals surface area (Å²) in [6.45, 7) is 10.7. The highest BCUT2D eigenvalue weighted by molar-refractivity contribution is 6.73. The predicted molar refractivity (Wildman–Crippen MR) is 149 cm³/mol. The molecule has 1 unspecified atom stereocenters. The first-order chi connectivity index (χ1) is 17.3. The van der Waals surface area contributed by atoms with Crippen LogP contribution in [0.5, 0.6) is 0 Å². The van der Waals surface area contributed by atoms with Crippen LogP contribution >= 0.6 is 0 Å². The van der Waals surface area contributed by atoms with Gasteiger partial charge >= 0.3 is 5.97 Å². The molecule has 2 rings (SSSR count). The Labute approximate surface area is 221 Å². The van der Waals surface area contributed by atoms with Crippen molar-refractivity contribution in [1.29, 1.82) is 0 Å². The van der Waals surface area contributed by atoms with Crippen molar-refractivity contribution >= 4 is 14.3 Å². The minimum Gasteiger partial charge on any atom is -0.467 e. The Hall–Kier alpha value is -1.21. The minimum atomic E-state index is -1.88. The molecule has 0 aromatic heterocycles. The second-order valence-electron chi connectivity index (χ2n) is 11.2. The highest BCUT2D eigenvalue weighted by atomic mass is 28.4. The third-order valence-electron chi connectivity index (χ3n) is 8.14.